The first-order chi connectivity index (χ1) is 10.0. The van der Waals surface area contributed by atoms with Crippen molar-refractivity contribution < 1.29 is 9.84 Å². The predicted octanol–water partition coefficient (Wildman–Crippen LogP) is 2.88. The molecule has 0 aliphatic heterocycles. The molecular weight excluding hydrogens is 268 g/mol. The number of nitrogens with zero attached hydrogens (tertiary/aromatic N) is 1. The Morgan fingerprint density at radius 3 is 2.48 bits per heavy atom. The Balaban J connectivity index is 2.49. The second kappa shape index (κ2) is 6.54. The maximum Gasteiger partial charge on any atom is 0.262 e. The van der Waals surface area contributed by atoms with Crippen LogP contribution >= 0.6 is 0 Å². The number of aromatic hydroxyl groups is 1. The van der Waals surface area contributed by atoms with Gasteiger partial charge in [0.15, 0.2) is 0 Å². The number of hydrogen-bond donors (Lipinski definition) is 2. The van der Waals surface area contributed by atoms with Gasteiger partial charge in [-0.2, -0.15) is 4.98 Å². The lowest BCUT2D eigenvalue weighted by molar-refractivity contribution is 0.0227. The molecule has 112 valence electrons. The molecular formula is C16H20N2O3. The molecule has 1 atom stereocenters. The minimum Gasteiger partial charge on any atom is -0.493 e. The standard InChI is InChI=1S/C16H20N2O3/c1-4-21-13(10(2)3)14-17-15(19)12(16(20)18-14)11-8-6-5-7-9-11/h5-10,13H,4H2,1-3H3,(H2,17,18,19,20). The van der Waals surface area contributed by atoms with Gasteiger partial charge in [-0.05, 0) is 18.4 Å². The van der Waals surface area contributed by atoms with Gasteiger partial charge in [-0.1, -0.05) is 44.2 Å². The Labute approximate surface area is 123 Å². The molecule has 1 unspecified atom stereocenters. The first kappa shape index (κ1) is 15.3. The van der Waals surface area contributed by atoms with Crippen molar-refractivity contribution >= 4 is 0 Å². The Kier molecular flexibility index (Phi) is 4.75. The molecule has 21 heavy (non-hydrogen) atoms. The van der Waals surface area contributed by atoms with Gasteiger partial charge in [0, 0.05) is 6.61 Å². The normalized spacial score (nSPS) is 12.6. The number of H-pyrrole nitrogens is 1. The lowest BCUT2D eigenvalue weighted by Gasteiger charge is -2.20. The van der Waals surface area contributed by atoms with E-state index in [0.717, 1.165) is 0 Å². The molecule has 1 aromatic heterocycles. The molecule has 0 saturated carbocycles. The number of aromatic amines is 1. The zero-order valence-electron chi connectivity index (χ0n) is 12.5. The molecule has 0 radical (unpaired) electrons. The summed E-state index contributed by atoms with van der Waals surface area (Å²) in [5.74, 6) is 0.217. The fourth-order valence-corrected chi connectivity index (χ4v) is 2.24. The molecule has 1 heterocycles. The third kappa shape index (κ3) is 3.31. The van der Waals surface area contributed by atoms with Crippen LogP contribution in [-0.2, 0) is 4.74 Å². The number of hydrogen-bond acceptors (Lipinski definition) is 4. The van der Waals surface area contributed by atoms with Gasteiger partial charge < -0.3 is 14.8 Å². The monoisotopic (exact) mass is 288 g/mol. The maximum absolute atomic E-state index is 12.3. The third-order valence-corrected chi connectivity index (χ3v) is 3.20. The summed E-state index contributed by atoms with van der Waals surface area (Å²) < 4.78 is 5.60. The number of aromatic nitrogens is 2. The van der Waals surface area contributed by atoms with Gasteiger partial charge in [-0.15, -0.1) is 0 Å². The molecule has 2 N–H and O–H groups in total. The first-order valence-electron chi connectivity index (χ1n) is 7.04. The predicted molar refractivity (Wildman–Crippen MR) is 81.2 cm³/mol. The lowest BCUT2D eigenvalue weighted by atomic mass is 10.1. The summed E-state index contributed by atoms with van der Waals surface area (Å²) in [6.45, 7) is 6.34. The van der Waals surface area contributed by atoms with E-state index < -0.39 is 0 Å². The highest BCUT2D eigenvalue weighted by atomic mass is 16.5. The van der Waals surface area contributed by atoms with Crippen molar-refractivity contribution in [2.75, 3.05) is 6.61 Å². The Morgan fingerprint density at radius 1 is 1.29 bits per heavy atom. The molecule has 1 aromatic carbocycles. The van der Waals surface area contributed by atoms with Crippen molar-refractivity contribution in [1.82, 2.24) is 9.97 Å². The quantitative estimate of drug-likeness (QED) is 0.887. The number of benzene rings is 1. The lowest BCUT2D eigenvalue weighted by Crippen LogP contribution is -2.21. The highest BCUT2D eigenvalue weighted by molar-refractivity contribution is 5.66. The average Bonchev–Trinajstić information content (AvgIpc) is 2.44. The number of ether oxygens (including phenoxy) is 1. The largest absolute Gasteiger partial charge is 0.493 e. The zero-order valence-corrected chi connectivity index (χ0v) is 12.5. The molecule has 0 fully saturated rings. The van der Waals surface area contributed by atoms with Gasteiger partial charge in [0.1, 0.15) is 17.5 Å². The molecule has 5 nitrogen and oxygen atoms in total. The fourth-order valence-electron chi connectivity index (χ4n) is 2.24. The molecule has 2 rings (SSSR count). The van der Waals surface area contributed by atoms with Crippen LogP contribution in [0, 0.1) is 5.92 Å². The van der Waals surface area contributed by atoms with E-state index in [0.29, 0.717) is 18.0 Å². The van der Waals surface area contributed by atoms with Crippen LogP contribution in [0.5, 0.6) is 5.88 Å². The van der Waals surface area contributed by atoms with E-state index in [4.69, 9.17) is 4.74 Å². The molecule has 5 heteroatoms. The molecule has 0 bridgehead atoms. The topological polar surface area (TPSA) is 75.2 Å². The van der Waals surface area contributed by atoms with E-state index in [1.165, 1.54) is 0 Å². The van der Waals surface area contributed by atoms with Gasteiger partial charge in [0.05, 0.1) is 0 Å². The highest BCUT2D eigenvalue weighted by Gasteiger charge is 2.21. The summed E-state index contributed by atoms with van der Waals surface area (Å²) in [4.78, 5) is 19.1. The van der Waals surface area contributed by atoms with E-state index in [1.54, 1.807) is 24.3 Å². The van der Waals surface area contributed by atoms with E-state index in [2.05, 4.69) is 9.97 Å². The minimum atomic E-state index is -0.367. The van der Waals surface area contributed by atoms with Gasteiger partial charge in [-0.3, -0.25) is 4.79 Å². The number of rotatable bonds is 5. The summed E-state index contributed by atoms with van der Waals surface area (Å²) >= 11 is 0. The molecule has 0 saturated heterocycles. The van der Waals surface area contributed by atoms with Crippen LogP contribution < -0.4 is 5.56 Å². The van der Waals surface area contributed by atoms with Gasteiger partial charge in [0.2, 0.25) is 5.88 Å². The molecule has 0 amide bonds. The van der Waals surface area contributed by atoms with Crippen LogP contribution in [-0.4, -0.2) is 21.7 Å². The summed E-state index contributed by atoms with van der Waals surface area (Å²) in [5, 5.41) is 10.1. The van der Waals surface area contributed by atoms with Crippen molar-refractivity contribution in [2.45, 2.75) is 26.9 Å². The van der Waals surface area contributed by atoms with E-state index in [9.17, 15) is 9.90 Å². The van der Waals surface area contributed by atoms with Crippen LogP contribution in [0.2, 0.25) is 0 Å². The fraction of sp³-hybridized carbons (Fsp3) is 0.375. The Morgan fingerprint density at radius 2 is 1.95 bits per heavy atom. The van der Waals surface area contributed by atoms with Crippen LogP contribution in [0.3, 0.4) is 0 Å². The summed E-state index contributed by atoms with van der Waals surface area (Å²) in [6.07, 6.45) is -0.349. The molecule has 0 aliphatic carbocycles. The van der Waals surface area contributed by atoms with Gasteiger partial charge in [0.25, 0.3) is 5.56 Å². The smallest absolute Gasteiger partial charge is 0.262 e. The van der Waals surface area contributed by atoms with Gasteiger partial charge in [-0.25, -0.2) is 0 Å². The van der Waals surface area contributed by atoms with Crippen molar-refractivity contribution in [3.05, 3.63) is 46.5 Å². The van der Waals surface area contributed by atoms with E-state index >= 15 is 0 Å². The van der Waals surface area contributed by atoms with Crippen molar-refractivity contribution in [2.24, 2.45) is 5.92 Å². The SMILES string of the molecule is CCOC(c1nc(O)c(-c2ccccc2)c(=O)[nH]1)C(C)C. The maximum atomic E-state index is 12.3. The van der Waals surface area contributed by atoms with Gasteiger partial charge >= 0.3 is 0 Å². The van der Waals surface area contributed by atoms with Crippen LogP contribution in [0.1, 0.15) is 32.7 Å². The van der Waals surface area contributed by atoms with Crippen molar-refractivity contribution in [1.29, 1.82) is 0 Å². The van der Waals surface area contributed by atoms with Crippen LogP contribution in [0.25, 0.3) is 11.1 Å². The van der Waals surface area contributed by atoms with Crippen molar-refractivity contribution in [3.63, 3.8) is 0 Å². The van der Waals surface area contributed by atoms with Crippen LogP contribution in [0.4, 0.5) is 0 Å². The number of nitrogens with one attached hydrogen (secondary N) is 1. The summed E-state index contributed by atoms with van der Waals surface area (Å²) in [6, 6.07) is 8.97. The first-order valence-corrected chi connectivity index (χ1v) is 7.04. The Bertz CT molecular complexity index is 650. The summed E-state index contributed by atoms with van der Waals surface area (Å²) in [7, 11) is 0. The van der Waals surface area contributed by atoms with E-state index in [1.807, 2.05) is 26.8 Å². The molecule has 0 aliphatic rings. The second-order valence-corrected chi connectivity index (χ2v) is 5.14. The van der Waals surface area contributed by atoms with Crippen molar-refractivity contribution in [3.8, 4) is 17.0 Å². The van der Waals surface area contributed by atoms with Crippen LogP contribution in [0.15, 0.2) is 35.1 Å². The third-order valence-electron chi connectivity index (χ3n) is 3.20. The second-order valence-electron chi connectivity index (χ2n) is 5.14. The average molecular weight is 288 g/mol. The summed E-state index contributed by atoms with van der Waals surface area (Å²) in [5.41, 5.74) is 0.445. The highest BCUT2D eigenvalue weighted by Crippen LogP contribution is 2.27. The molecule has 0 spiro atoms. The minimum absolute atomic E-state index is 0.134. The Hall–Kier alpha value is -2.14. The zero-order chi connectivity index (χ0) is 15.4. The molecule has 2 aromatic rings. The van der Waals surface area contributed by atoms with E-state index in [-0.39, 0.29) is 29.0 Å².